The van der Waals surface area contributed by atoms with E-state index in [4.69, 9.17) is 9.47 Å². The van der Waals surface area contributed by atoms with Crippen molar-refractivity contribution in [3.8, 4) is 17.4 Å². The molecule has 1 aliphatic heterocycles. The number of benzene rings is 2. The number of hydrogen-bond donors (Lipinski definition) is 1. The van der Waals surface area contributed by atoms with Crippen molar-refractivity contribution in [1.82, 2.24) is 10.3 Å². The second-order valence-electron chi connectivity index (χ2n) is 7.13. The molecule has 0 bridgehead atoms. The third-order valence-corrected chi connectivity index (χ3v) is 5.04. The van der Waals surface area contributed by atoms with E-state index in [-0.39, 0.29) is 18.4 Å². The van der Waals surface area contributed by atoms with Gasteiger partial charge in [0.2, 0.25) is 11.8 Å². The molecule has 3 aromatic rings. The summed E-state index contributed by atoms with van der Waals surface area (Å²) in [6.07, 6.45) is 3.02. The van der Waals surface area contributed by atoms with Gasteiger partial charge in [-0.15, -0.1) is 0 Å². The van der Waals surface area contributed by atoms with E-state index in [9.17, 15) is 9.59 Å². The Kier molecular flexibility index (Phi) is 6.12. The zero-order chi connectivity index (χ0) is 21.6. The number of ether oxygens (including phenoxy) is 2. The molecule has 31 heavy (non-hydrogen) atoms. The average molecular weight is 417 g/mol. The van der Waals surface area contributed by atoms with Crippen LogP contribution in [-0.4, -0.2) is 30.5 Å². The lowest BCUT2D eigenvalue weighted by Gasteiger charge is -2.16. The highest BCUT2D eigenvalue weighted by atomic mass is 16.5. The van der Waals surface area contributed by atoms with Crippen molar-refractivity contribution in [3.05, 3.63) is 78.0 Å². The van der Waals surface area contributed by atoms with Gasteiger partial charge in [-0.05, 0) is 42.8 Å². The molecule has 0 aliphatic carbocycles. The van der Waals surface area contributed by atoms with E-state index in [2.05, 4.69) is 10.3 Å². The Morgan fingerprint density at radius 3 is 2.74 bits per heavy atom. The van der Waals surface area contributed by atoms with Gasteiger partial charge in [-0.1, -0.05) is 18.2 Å². The summed E-state index contributed by atoms with van der Waals surface area (Å²) in [5, 5.41) is 2.91. The SMILES string of the molecule is COc1cccc(Oc2ncccc2CNC(=O)c2cccc(N3CCCC3=O)c2)c1. The number of nitrogens with one attached hydrogen (secondary N) is 1. The molecular weight excluding hydrogens is 394 g/mol. The average Bonchev–Trinajstić information content (AvgIpc) is 3.24. The number of methoxy groups -OCH3 is 1. The van der Waals surface area contributed by atoms with Gasteiger partial charge in [0.1, 0.15) is 11.5 Å². The number of amides is 2. The summed E-state index contributed by atoms with van der Waals surface area (Å²) < 4.78 is 11.1. The van der Waals surface area contributed by atoms with Gasteiger partial charge in [-0.3, -0.25) is 9.59 Å². The van der Waals surface area contributed by atoms with E-state index < -0.39 is 0 Å². The first-order valence-corrected chi connectivity index (χ1v) is 10.1. The number of rotatable bonds is 7. The molecule has 2 heterocycles. The van der Waals surface area contributed by atoms with Crippen molar-refractivity contribution in [1.29, 1.82) is 0 Å². The predicted octanol–water partition coefficient (Wildman–Crippen LogP) is 3.94. The molecule has 0 atom stereocenters. The molecule has 0 unspecified atom stereocenters. The number of pyridine rings is 1. The summed E-state index contributed by atoms with van der Waals surface area (Å²) in [4.78, 5) is 30.7. The van der Waals surface area contributed by atoms with E-state index in [0.29, 0.717) is 35.9 Å². The number of nitrogens with zero attached hydrogens (tertiary/aromatic N) is 2. The Bertz CT molecular complexity index is 1100. The fraction of sp³-hybridized carbons (Fsp3) is 0.208. The minimum atomic E-state index is -0.232. The maximum atomic E-state index is 12.7. The summed E-state index contributed by atoms with van der Waals surface area (Å²) in [7, 11) is 1.59. The van der Waals surface area contributed by atoms with E-state index in [1.54, 1.807) is 48.5 Å². The Morgan fingerprint density at radius 1 is 1.10 bits per heavy atom. The first-order chi connectivity index (χ1) is 15.1. The molecule has 1 aliphatic rings. The first-order valence-electron chi connectivity index (χ1n) is 10.1. The summed E-state index contributed by atoms with van der Waals surface area (Å²) in [6, 6.07) is 18.0. The fourth-order valence-corrected chi connectivity index (χ4v) is 3.44. The van der Waals surface area contributed by atoms with Crippen LogP contribution in [-0.2, 0) is 11.3 Å². The minimum absolute atomic E-state index is 0.0900. The standard InChI is InChI=1S/C24H23N3O4/c1-30-20-9-3-10-21(15-20)31-24-18(7-4-12-25-24)16-26-23(29)17-6-2-8-19(14-17)27-13-5-11-22(27)28/h2-4,6-10,12,14-15H,5,11,13,16H2,1H3,(H,26,29). The smallest absolute Gasteiger partial charge is 0.251 e. The Hall–Kier alpha value is -3.87. The van der Waals surface area contributed by atoms with Crippen molar-refractivity contribution < 1.29 is 19.1 Å². The molecule has 2 aromatic carbocycles. The molecule has 0 saturated carbocycles. The van der Waals surface area contributed by atoms with Crippen LogP contribution in [0.4, 0.5) is 5.69 Å². The molecule has 1 saturated heterocycles. The minimum Gasteiger partial charge on any atom is -0.497 e. The predicted molar refractivity (Wildman–Crippen MR) is 117 cm³/mol. The van der Waals surface area contributed by atoms with Crippen LogP contribution in [0.15, 0.2) is 66.9 Å². The maximum absolute atomic E-state index is 12.7. The lowest BCUT2D eigenvalue weighted by Crippen LogP contribution is -2.26. The van der Waals surface area contributed by atoms with Crippen molar-refractivity contribution in [2.24, 2.45) is 0 Å². The summed E-state index contributed by atoms with van der Waals surface area (Å²) >= 11 is 0. The summed E-state index contributed by atoms with van der Waals surface area (Å²) in [6.45, 7) is 0.934. The molecule has 0 radical (unpaired) electrons. The lowest BCUT2D eigenvalue weighted by molar-refractivity contribution is -0.117. The van der Waals surface area contributed by atoms with E-state index in [0.717, 1.165) is 17.7 Å². The zero-order valence-electron chi connectivity index (χ0n) is 17.2. The molecule has 2 amide bonds. The Balaban J connectivity index is 1.45. The highest BCUT2D eigenvalue weighted by Crippen LogP contribution is 2.26. The number of carbonyl (C=O) groups is 2. The quantitative estimate of drug-likeness (QED) is 0.630. The molecule has 158 valence electrons. The van der Waals surface area contributed by atoms with Crippen LogP contribution in [0.1, 0.15) is 28.8 Å². The lowest BCUT2D eigenvalue weighted by atomic mass is 10.1. The normalized spacial score (nSPS) is 13.2. The first kappa shape index (κ1) is 20.4. The van der Waals surface area contributed by atoms with Crippen molar-refractivity contribution >= 4 is 17.5 Å². The largest absolute Gasteiger partial charge is 0.497 e. The van der Waals surface area contributed by atoms with Gasteiger partial charge in [0, 0.05) is 48.6 Å². The molecule has 7 heteroatoms. The molecular formula is C24H23N3O4. The number of carbonyl (C=O) groups excluding carboxylic acids is 2. The van der Waals surface area contributed by atoms with Crippen LogP contribution in [0.3, 0.4) is 0 Å². The van der Waals surface area contributed by atoms with Crippen molar-refractivity contribution in [2.45, 2.75) is 19.4 Å². The van der Waals surface area contributed by atoms with Gasteiger partial charge in [-0.2, -0.15) is 0 Å². The van der Waals surface area contributed by atoms with Crippen molar-refractivity contribution in [3.63, 3.8) is 0 Å². The number of hydrogen-bond acceptors (Lipinski definition) is 5. The fourth-order valence-electron chi connectivity index (χ4n) is 3.44. The molecule has 7 nitrogen and oxygen atoms in total. The maximum Gasteiger partial charge on any atom is 0.251 e. The van der Waals surface area contributed by atoms with Crippen LogP contribution >= 0.6 is 0 Å². The Morgan fingerprint density at radius 2 is 1.94 bits per heavy atom. The summed E-state index contributed by atoms with van der Waals surface area (Å²) in [5.41, 5.74) is 1.99. The van der Waals surface area contributed by atoms with Gasteiger partial charge < -0.3 is 19.7 Å². The van der Waals surface area contributed by atoms with Gasteiger partial charge >= 0.3 is 0 Å². The molecule has 1 fully saturated rings. The van der Waals surface area contributed by atoms with Gasteiger partial charge in [0.15, 0.2) is 0 Å². The second kappa shape index (κ2) is 9.30. The van der Waals surface area contributed by atoms with Crippen LogP contribution in [0.5, 0.6) is 17.4 Å². The van der Waals surface area contributed by atoms with E-state index >= 15 is 0 Å². The summed E-state index contributed by atoms with van der Waals surface area (Å²) in [5.74, 6) is 1.54. The van der Waals surface area contributed by atoms with Crippen molar-refractivity contribution in [2.75, 3.05) is 18.6 Å². The molecule has 4 rings (SSSR count). The highest BCUT2D eigenvalue weighted by Gasteiger charge is 2.22. The molecule has 1 N–H and O–H groups in total. The molecule has 0 spiro atoms. The van der Waals surface area contributed by atoms with Crippen LogP contribution in [0.25, 0.3) is 0 Å². The van der Waals surface area contributed by atoms with Crippen LogP contribution in [0, 0.1) is 0 Å². The van der Waals surface area contributed by atoms with Crippen LogP contribution in [0.2, 0.25) is 0 Å². The highest BCUT2D eigenvalue weighted by molar-refractivity contribution is 5.99. The van der Waals surface area contributed by atoms with Crippen LogP contribution < -0.4 is 19.7 Å². The number of anilines is 1. The number of aromatic nitrogens is 1. The Labute approximate surface area is 180 Å². The van der Waals surface area contributed by atoms with Gasteiger partial charge in [0.25, 0.3) is 5.91 Å². The topological polar surface area (TPSA) is 80.8 Å². The molecule has 1 aromatic heterocycles. The van der Waals surface area contributed by atoms with Gasteiger partial charge in [-0.25, -0.2) is 4.98 Å². The van der Waals surface area contributed by atoms with Gasteiger partial charge in [0.05, 0.1) is 7.11 Å². The zero-order valence-corrected chi connectivity index (χ0v) is 17.2. The van der Waals surface area contributed by atoms with E-state index in [1.807, 2.05) is 30.3 Å². The second-order valence-corrected chi connectivity index (χ2v) is 7.13. The monoisotopic (exact) mass is 417 g/mol. The third-order valence-electron chi connectivity index (χ3n) is 5.04. The van der Waals surface area contributed by atoms with E-state index in [1.165, 1.54) is 0 Å². The third kappa shape index (κ3) is 4.83.